The number of nitrogens with zero attached hydrogens (tertiary/aromatic N) is 2. The highest BCUT2D eigenvalue weighted by Gasteiger charge is 2.16. The highest BCUT2D eigenvalue weighted by molar-refractivity contribution is 7.20. The molecule has 2 amide bonds. The molecule has 0 saturated carbocycles. The molecule has 0 aliphatic carbocycles. The first-order chi connectivity index (χ1) is 12.1. The third kappa shape index (κ3) is 3.16. The standard InChI is InChI=1S/C17H17N5O2S/c1-18-14(23)10-6-4-9(5-7-10)13-11-8-12(15(24)19-2)25-16(11)22-17(20-3)21-13/h4-8H,1-3H3,(H,18,23)(H,19,24)(H,20,21,22). The number of carbonyl (C=O) groups is 2. The van der Waals surface area contributed by atoms with Crippen molar-refractivity contribution >= 4 is 39.3 Å². The minimum atomic E-state index is -0.157. The second kappa shape index (κ2) is 6.86. The number of amides is 2. The van der Waals surface area contributed by atoms with Gasteiger partial charge in [0.25, 0.3) is 11.8 Å². The number of anilines is 1. The molecule has 0 unspecified atom stereocenters. The number of hydrogen-bond acceptors (Lipinski definition) is 6. The number of aromatic nitrogens is 2. The van der Waals surface area contributed by atoms with Gasteiger partial charge in [0, 0.05) is 37.7 Å². The summed E-state index contributed by atoms with van der Waals surface area (Å²) in [4.78, 5) is 33.9. The Bertz CT molecular complexity index is 950. The van der Waals surface area contributed by atoms with E-state index in [1.54, 1.807) is 39.3 Å². The minimum absolute atomic E-state index is 0.146. The zero-order valence-corrected chi connectivity index (χ0v) is 14.8. The van der Waals surface area contributed by atoms with Gasteiger partial charge < -0.3 is 16.0 Å². The Kier molecular flexibility index (Phi) is 4.62. The molecule has 0 spiro atoms. The number of benzene rings is 1. The monoisotopic (exact) mass is 355 g/mol. The van der Waals surface area contributed by atoms with E-state index in [1.807, 2.05) is 12.1 Å². The molecule has 2 aromatic heterocycles. The Morgan fingerprint density at radius 3 is 2.24 bits per heavy atom. The van der Waals surface area contributed by atoms with Crippen LogP contribution in [0.25, 0.3) is 21.5 Å². The van der Waals surface area contributed by atoms with Gasteiger partial charge in [-0.1, -0.05) is 12.1 Å². The number of hydrogen-bond donors (Lipinski definition) is 3. The van der Waals surface area contributed by atoms with Gasteiger partial charge in [-0.05, 0) is 18.2 Å². The molecule has 0 saturated heterocycles. The average Bonchev–Trinajstić information content (AvgIpc) is 3.10. The first-order valence-electron chi connectivity index (χ1n) is 7.61. The van der Waals surface area contributed by atoms with Gasteiger partial charge in [0.15, 0.2) is 0 Å². The van der Waals surface area contributed by atoms with Crippen LogP contribution >= 0.6 is 11.3 Å². The largest absolute Gasteiger partial charge is 0.357 e. The van der Waals surface area contributed by atoms with Gasteiger partial charge >= 0.3 is 0 Å². The molecule has 0 aliphatic rings. The first-order valence-corrected chi connectivity index (χ1v) is 8.43. The lowest BCUT2D eigenvalue weighted by Gasteiger charge is -2.07. The fourth-order valence-corrected chi connectivity index (χ4v) is 3.39. The third-order valence-corrected chi connectivity index (χ3v) is 4.74. The van der Waals surface area contributed by atoms with Gasteiger partial charge in [0.05, 0.1) is 10.6 Å². The zero-order valence-electron chi connectivity index (χ0n) is 14.0. The second-order valence-electron chi connectivity index (χ2n) is 5.21. The fourth-order valence-electron chi connectivity index (χ4n) is 2.41. The SMILES string of the molecule is CNC(=O)c1ccc(-c2nc(NC)nc3sc(C(=O)NC)cc23)cc1. The Balaban J connectivity index is 2.15. The van der Waals surface area contributed by atoms with E-state index < -0.39 is 0 Å². The molecule has 0 aliphatic heterocycles. The number of rotatable bonds is 4. The molecule has 8 heteroatoms. The maximum Gasteiger partial charge on any atom is 0.261 e. The molecule has 128 valence electrons. The van der Waals surface area contributed by atoms with Crippen molar-refractivity contribution in [1.29, 1.82) is 0 Å². The van der Waals surface area contributed by atoms with Crippen LogP contribution < -0.4 is 16.0 Å². The summed E-state index contributed by atoms with van der Waals surface area (Å²) in [6, 6.07) is 8.95. The highest BCUT2D eigenvalue weighted by Crippen LogP contribution is 2.33. The van der Waals surface area contributed by atoms with Crippen molar-refractivity contribution < 1.29 is 9.59 Å². The van der Waals surface area contributed by atoms with Crippen molar-refractivity contribution in [3.63, 3.8) is 0 Å². The van der Waals surface area contributed by atoms with Crippen LogP contribution in [0, 0.1) is 0 Å². The van der Waals surface area contributed by atoms with E-state index in [9.17, 15) is 9.59 Å². The summed E-state index contributed by atoms with van der Waals surface area (Å²) in [6.07, 6.45) is 0. The summed E-state index contributed by atoms with van der Waals surface area (Å²) < 4.78 is 0. The highest BCUT2D eigenvalue weighted by atomic mass is 32.1. The Hall–Kier alpha value is -3.00. The summed E-state index contributed by atoms with van der Waals surface area (Å²) in [5.74, 6) is 0.172. The second-order valence-corrected chi connectivity index (χ2v) is 6.24. The van der Waals surface area contributed by atoms with E-state index in [0.29, 0.717) is 22.1 Å². The normalized spacial score (nSPS) is 10.5. The van der Waals surface area contributed by atoms with Crippen molar-refractivity contribution in [2.45, 2.75) is 0 Å². The van der Waals surface area contributed by atoms with Gasteiger partial charge in [0.1, 0.15) is 4.83 Å². The van der Waals surface area contributed by atoms with Gasteiger partial charge in [-0.2, -0.15) is 0 Å². The smallest absolute Gasteiger partial charge is 0.261 e. The lowest BCUT2D eigenvalue weighted by molar-refractivity contribution is 0.0957. The van der Waals surface area contributed by atoms with Crippen LogP contribution in [0.1, 0.15) is 20.0 Å². The van der Waals surface area contributed by atoms with Crippen molar-refractivity contribution in [3.8, 4) is 11.3 Å². The summed E-state index contributed by atoms with van der Waals surface area (Å²) in [5.41, 5.74) is 2.13. The van der Waals surface area contributed by atoms with Gasteiger partial charge in [0.2, 0.25) is 5.95 Å². The van der Waals surface area contributed by atoms with E-state index >= 15 is 0 Å². The van der Waals surface area contributed by atoms with Gasteiger partial charge in [-0.3, -0.25) is 9.59 Å². The number of nitrogens with one attached hydrogen (secondary N) is 3. The molecule has 1 aromatic carbocycles. The van der Waals surface area contributed by atoms with Crippen LogP contribution in [0.3, 0.4) is 0 Å². The molecule has 3 rings (SSSR count). The van der Waals surface area contributed by atoms with E-state index in [-0.39, 0.29) is 11.8 Å². The molecule has 2 heterocycles. The number of fused-ring (bicyclic) bond motifs is 1. The van der Waals surface area contributed by atoms with Crippen molar-refractivity contribution in [2.75, 3.05) is 26.5 Å². The fraction of sp³-hybridized carbons (Fsp3) is 0.176. The molecule has 0 bridgehead atoms. The quantitative estimate of drug-likeness (QED) is 0.666. The number of carbonyl (C=O) groups excluding carboxylic acids is 2. The van der Waals surface area contributed by atoms with Gasteiger partial charge in [-0.25, -0.2) is 9.97 Å². The van der Waals surface area contributed by atoms with Crippen LogP contribution in [-0.2, 0) is 0 Å². The molecule has 0 atom stereocenters. The maximum absolute atomic E-state index is 11.9. The zero-order chi connectivity index (χ0) is 18.0. The van der Waals surface area contributed by atoms with E-state index in [4.69, 9.17) is 0 Å². The van der Waals surface area contributed by atoms with E-state index in [1.165, 1.54) is 11.3 Å². The first kappa shape index (κ1) is 16.8. The van der Waals surface area contributed by atoms with E-state index in [0.717, 1.165) is 15.8 Å². The van der Waals surface area contributed by atoms with E-state index in [2.05, 4.69) is 25.9 Å². The topological polar surface area (TPSA) is 96.0 Å². The summed E-state index contributed by atoms with van der Waals surface area (Å²) in [6.45, 7) is 0. The molecule has 3 N–H and O–H groups in total. The molecule has 0 radical (unpaired) electrons. The lowest BCUT2D eigenvalue weighted by Crippen LogP contribution is -2.17. The maximum atomic E-state index is 11.9. The lowest BCUT2D eigenvalue weighted by atomic mass is 10.1. The molecule has 0 fully saturated rings. The molecular weight excluding hydrogens is 338 g/mol. The summed E-state index contributed by atoms with van der Waals surface area (Å²) in [5, 5.41) is 8.95. The summed E-state index contributed by atoms with van der Waals surface area (Å²) >= 11 is 1.31. The molecule has 3 aromatic rings. The van der Waals surface area contributed by atoms with Crippen LogP contribution in [0.2, 0.25) is 0 Å². The predicted octanol–water partition coefficient (Wildman–Crippen LogP) is 2.12. The van der Waals surface area contributed by atoms with Crippen LogP contribution in [0.4, 0.5) is 5.95 Å². The Morgan fingerprint density at radius 1 is 0.960 bits per heavy atom. The van der Waals surface area contributed by atoms with Crippen LogP contribution in [0.5, 0.6) is 0 Å². The Morgan fingerprint density at radius 2 is 1.64 bits per heavy atom. The predicted molar refractivity (Wildman–Crippen MR) is 99.2 cm³/mol. The number of thiophene rings is 1. The van der Waals surface area contributed by atoms with Crippen molar-refractivity contribution in [1.82, 2.24) is 20.6 Å². The van der Waals surface area contributed by atoms with Gasteiger partial charge in [-0.15, -0.1) is 11.3 Å². The van der Waals surface area contributed by atoms with Crippen molar-refractivity contribution in [2.24, 2.45) is 0 Å². The Labute approximate surface area is 148 Å². The van der Waals surface area contributed by atoms with Crippen LogP contribution in [0.15, 0.2) is 30.3 Å². The third-order valence-electron chi connectivity index (χ3n) is 3.71. The minimum Gasteiger partial charge on any atom is -0.357 e. The molecule has 7 nitrogen and oxygen atoms in total. The average molecular weight is 355 g/mol. The molecule has 25 heavy (non-hydrogen) atoms. The van der Waals surface area contributed by atoms with Crippen LogP contribution in [-0.4, -0.2) is 42.9 Å². The molecular formula is C17H17N5O2S. The summed E-state index contributed by atoms with van der Waals surface area (Å²) in [7, 11) is 4.93. The van der Waals surface area contributed by atoms with Crippen molar-refractivity contribution in [3.05, 3.63) is 40.8 Å².